The van der Waals surface area contributed by atoms with E-state index in [2.05, 4.69) is 0 Å². The highest BCUT2D eigenvalue weighted by Gasteiger charge is 2.17. The van der Waals surface area contributed by atoms with Crippen molar-refractivity contribution in [1.82, 2.24) is 0 Å². The summed E-state index contributed by atoms with van der Waals surface area (Å²) < 4.78 is 9.73. The average molecular weight is 292 g/mol. The lowest BCUT2D eigenvalue weighted by molar-refractivity contribution is -0.143. The van der Waals surface area contributed by atoms with Crippen molar-refractivity contribution >= 4 is 17.7 Å². The van der Waals surface area contributed by atoms with Gasteiger partial charge in [-0.2, -0.15) is 0 Å². The Hall–Kier alpha value is -2.17. The molecule has 1 aromatic carbocycles. The number of hydrogen-bond donors (Lipinski definition) is 0. The van der Waals surface area contributed by atoms with Gasteiger partial charge in [-0.15, -0.1) is 0 Å². The van der Waals surface area contributed by atoms with E-state index in [4.69, 9.17) is 9.47 Å². The Balaban J connectivity index is 2.66. The Labute approximate surface area is 124 Å². The average Bonchev–Trinajstić information content (AvgIpc) is 2.47. The molecule has 0 unspecified atom stereocenters. The standard InChI is InChI=1S/C16H20O5/c1-3-20-15(18)11-7-10-14(17)12-8-5-6-9-13(12)16(19)21-4-2/h5-6,8-9H,3-4,7,10-11H2,1-2H3. The van der Waals surface area contributed by atoms with Gasteiger partial charge >= 0.3 is 11.9 Å². The van der Waals surface area contributed by atoms with Crippen LogP contribution in [0.2, 0.25) is 0 Å². The molecule has 1 rings (SSSR count). The van der Waals surface area contributed by atoms with E-state index < -0.39 is 5.97 Å². The normalized spacial score (nSPS) is 10.0. The second-order valence-corrected chi connectivity index (χ2v) is 4.35. The van der Waals surface area contributed by atoms with Gasteiger partial charge in [0.2, 0.25) is 0 Å². The number of benzene rings is 1. The number of rotatable bonds is 8. The Kier molecular flexibility index (Phi) is 7.15. The van der Waals surface area contributed by atoms with Crippen molar-refractivity contribution in [2.75, 3.05) is 13.2 Å². The number of Topliss-reactive ketones (excluding diaryl/α,β-unsaturated/α-hetero) is 1. The zero-order valence-corrected chi connectivity index (χ0v) is 12.4. The molecule has 0 heterocycles. The van der Waals surface area contributed by atoms with E-state index in [9.17, 15) is 14.4 Å². The molecule has 0 aliphatic rings. The molecular weight excluding hydrogens is 272 g/mol. The van der Waals surface area contributed by atoms with Gasteiger partial charge in [0.25, 0.3) is 0 Å². The van der Waals surface area contributed by atoms with Crippen molar-refractivity contribution in [3.63, 3.8) is 0 Å². The minimum atomic E-state index is -0.508. The first kappa shape index (κ1) is 16.9. The van der Waals surface area contributed by atoms with Gasteiger partial charge in [0.1, 0.15) is 0 Å². The molecule has 21 heavy (non-hydrogen) atoms. The number of ether oxygens (including phenoxy) is 2. The predicted molar refractivity (Wildman–Crippen MR) is 77.2 cm³/mol. The lowest BCUT2D eigenvalue weighted by Gasteiger charge is -2.07. The van der Waals surface area contributed by atoms with Crippen LogP contribution in [0.25, 0.3) is 0 Å². The Morgan fingerprint density at radius 1 is 0.905 bits per heavy atom. The topological polar surface area (TPSA) is 69.7 Å². The molecule has 0 bridgehead atoms. The van der Waals surface area contributed by atoms with Gasteiger partial charge < -0.3 is 9.47 Å². The molecule has 0 fully saturated rings. The first-order valence-electron chi connectivity index (χ1n) is 7.05. The highest BCUT2D eigenvalue weighted by molar-refractivity contribution is 6.06. The number of ketones is 1. The van der Waals surface area contributed by atoms with Crippen LogP contribution in [0.5, 0.6) is 0 Å². The molecule has 0 saturated carbocycles. The fraction of sp³-hybridized carbons (Fsp3) is 0.438. The van der Waals surface area contributed by atoms with E-state index in [1.807, 2.05) is 0 Å². The molecule has 5 heteroatoms. The molecule has 0 radical (unpaired) electrons. The Morgan fingerprint density at radius 2 is 1.52 bits per heavy atom. The van der Waals surface area contributed by atoms with Crippen LogP contribution in [0.3, 0.4) is 0 Å². The predicted octanol–water partition coefficient (Wildman–Crippen LogP) is 2.78. The van der Waals surface area contributed by atoms with Crippen LogP contribution in [0, 0.1) is 0 Å². The highest BCUT2D eigenvalue weighted by Crippen LogP contribution is 2.14. The molecule has 0 aliphatic heterocycles. The maximum Gasteiger partial charge on any atom is 0.338 e. The molecular formula is C16H20O5. The number of carbonyl (C=O) groups is 3. The highest BCUT2D eigenvalue weighted by atomic mass is 16.5. The fourth-order valence-electron chi connectivity index (χ4n) is 1.87. The minimum Gasteiger partial charge on any atom is -0.466 e. The van der Waals surface area contributed by atoms with E-state index in [0.717, 1.165) is 0 Å². The van der Waals surface area contributed by atoms with Crippen LogP contribution in [-0.4, -0.2) is 30.9 Å². The third kappa shape index (κ3) is 5.38. The number of esters is 2. The van der Waals surface area contributed by atoms with Crippen LogP contribution >= 0.6 is 0 Å². The minimum absolute atomic E-state index is 0.178. The van der Waals surface area contributed by atoms with E-state index in [1.54, 1.807) is 38.1 Å². The molecule has 5 nitrogen and oxygen atoms in total. The summed E-state index contributed by atoms with van der Waals surface area (Å²) in [5.41, 5.74) is 0.597. The van der Waals surface area contributed by atoms with Crippen molar-refractivity contribution in [3.05, 3.63) is 35.4 Å². The summed E-state index contributed by atoms with van der Waals surface area (Å²) in [6.07, 6.45) is 0.783. The van der Waals surface area contributed by atoms with E-state index in [1.165, 1.54) is 0 Å². The van der Waals surface area contributed by atoms with Crippen molar-refractivity contribution < 1.29 is 23.9 Å². The molecule has 0 aromatic heterocycles. The molecule has 0 aliphatic carbocycles. The van der Waals surface area contributed by atoms with Crippen molar-refractivity contribution in [2.24, 2.45) is 0 Å². The van der Waals surface area contributed by atoms with Crippen molar-refractivity contribution in [3.8, 4) is 0 Å². The van der Waals surface area contributed by atoms with Crippen LogP contribution < -0.4 is 0 Å². The molecule has 0 saturated heterocycles. The van der Waals surface area contributed by atoms with Crippen molar-refractivity contribution in [2.45, 2.75) is 33.1 Å². The zero-order valence-electron chi connectivity index (χ0n) is 12.4. The van der Waals surface area contributed by atoms with E-state index in [0.29, 0.717) is 18.6 Å². The summed E-state index contributed by atoms with van der Waals surface area (Å²) in [5, 5.41) is 0. The van der Waals surface area contributed by atoms with Crippen LogP contribution in [0.4, 0.5) is 0 Å². The third-order valence-corrected chi connectivity index (χ3v) is 2.81. The monoisotopic (exact) mass is 292 g/mol. The van der Waals surface area contributed by atoms with Crippen molar-refractivity contribution in [1.29, 1.82) is 0 Å². The second kappa shape index (κ2) is 8.89. The zero-order chi connectivity index (χ0) is 15.7. The van der Waals surface area contributed by atoms with Gasteiger partial charge in [0, 0.05) is 18.4 Å². The Bertz CT molecular complexity index is 507. The summed E-state index contributed by atoms with van der Waals surface area (Å²) in [5.74, 6) is -1.00. The van der Waals surface area contributed by atoms with E-state index in [-0.39, 0.29) is 36.8 Å². The van der Waals surface area contributed by atoms with Gasteiger partial charge in [0.15, 0.2) is 5.78 Å². The SMILES string of the molecule is CCOC(=O)CCCC(=O)c1ccccc1C(=O)OCC. The van der Waals surface area contributed by atoms with E-state index >= 15 is 0 Å². The molecule has 0 N–H and O–H groups in total. The molecule has 1 aromatic rings. The first-order chi connectivity index (χ1) is 10.1. The largest absolute Gasteiger partial charge is 0.466 e. The maximum absolute atomic E-state index is 12.2. The van der Waals surface area contributed by atoms with Gasteiger partial charge in [0.05, 0.1) is 18.8 Å². The molecule has 0 spiro atoms. The molecule has 0 atom stereocenters. The Morgan fingerprint density at radius 3 is 2.14 bits per heavy atom. The lowest BCUT2D eigenvalue weighted by Crippen LogP contribution is -2.12. The second-order valence-electron chi connectivity index (χ2n) is 4.35. The lowest BCUT2D eigenvalue weighted by atomic mass is 10.00. The fourth-order valence-corrected chi connectivity index (χ4v) is 1.87. The van der Waals surface area contributed by atoms with Gasteiger partial charge in [-0.1, -0.05) is 18.2 Å². The van der Waals surface area contributed by atoms with Crippen LogP contribution in [-0.2, 0) is 14.3 Å². The smallest absolute Gasteiger partial charge is 0.338 e. The third-order valence-electron chi connectivity index (χ3n) is 2.81. The van der Waals surface area contributed by atoms with Gasteiger partial charge in [-0.3, -0.25) is 9.59 Å². The van der Waals surface area contributed by atoms with Gasteiger partial charge in [-0.25, -0.2) is 4.79 Å². The number of carbonyl (C=O) groups excluding carboxylic acids is 3. The summed E-state index contributed by atoms with van der Waals surface area (Å²) in [6, 6.07) is 6.54. The summed E-state index contributed by atoms with van der Waals surface area (Å²) in [4.78, 5) is 35.2. The summed E-state index contributed by atoms with van der Waals surface area (Å²) >= 11 is 0. The summed E-state index contributed by atoms with van der Waals surface area (Å²) in [7, 11) is 0. The first-order valence-corrected chi connectivity index (χ1v) is 7.05. The molecule has 114 valence electrons. The van der Waals surface area contributed by atoms with Gasteiger partial charge in [-0.05, 0) is 26.3 Å². The number of hydrogen-bond acceptors (Lipinski definition) is 5. The summed E-state index contributed by atoms with van der Waals surface area (Å²) in [6.45, 7) is 4.03. The van der Waals surface area contributed by atoms with Crippen LogP contribution in [0.15, 0.2) is 24.3 Å². The molecule has 0 amide bonds. The maximum atomic E-state index is 12.2. The van der Waals surface area contributed by atoms with Crippen LogP contribution in [0.1, 0.15) is 53.8 Å². The quantitative estimate of drug-likeness (QED) is 0.544.